The van der Waals surface area contributed by atoms with Gasteiger partial charge in [-0.2, -0.15) is 0 Å². The van der Waals surface area contributed by atoms with E-state index in [0.717, 1.165) is 30.8 Å². The summed E-state index contributed by atoms with van der Waals surface area (Å²) in [6.45, 7) is 3.07. The molecule has 1 amide bonds. The lowest BCUT2D eigenvalue weighted by Crippen LogP contribution is -2.44. The van der Waals surface area contributed by atoms with E-state index in [1.807, 2.05) is 24.0 Å². The van der Waals surface area contributed by atoms with Crippen molar-refractivity contribution < 1.29 is 13.9 Å². The van der Waals surface area contributed by atoms with Crippen LogP contribution in [-0.2, 0) is 16.1 Å². The summed E-state index contributed by atoms with van der Waals surface area (Å²) in [5.74, 6) is 1.72. The maximum Gasteiger partial charge on any atom is 0.240 e. The predicted molar refractivity (Wildman–Crippen MR) is 76.1 cm³/mol. The first-order valence-corrected chi connectivity index (χ1v) is 7.22. The molecule has 1 fully saturated rings. The lowest BCUT2D eigenvalue weighted by Gasteiger charge is -2.24. The van der Waals surface area contributed by atoms with Crippen molar-refractivity contribution in [3.05, 3.63) is 23.7 Å². The quantitative estimate of drug-likeness (QED) is 0.738. The van der Waals surface area contributed by atoms with Crippen molar-refractivity contribution in [3.8, 4) is 0 Å². The Bertz CT molecular complexity index is 440. The first-order valence-electron chi connectivity index (χ1n) is 7.22. The molecule has 20 heavy (non-hydrogen) atoms. The highest BCUT2D eigenvalue weighted by molar-refractivity contribution is 5.82. The maximum absolute atomic E-state index is 12.4. The zero-order valence-electron chi connectivity index (χ0n) is 12.3. The van der Waals surface area contributed by atoms with Gasteiger partial charge in [0.1, 0.15) is 11.5 Å². The van der Waals surface area contributed by atoms with E-state index in [0.29, 0.717) is 25.6 Å². The molecular weight excluding hydrogens is 256 g/mol. The van der Waals surface area contributed by atoms with Crippen LogP contribution < -0.4 is 5.73 Å². The Morgan fingerprint density at radius 1 is 1.55 bits per heavy atom. The number of methoxy groups -OCH3 is 1. The van der Waals surface area contributed by atoms with Crippen LogP contribution in [0.1, 0.15) is 37.2 Å². The summed E-state index contributed by atoms with van der Waals surface area (Å²) in [7, 11) is 1.66. The Balaban J connectivity index is 1.92. The first kappa shape index (κ1) is 15.1. The Labute approximate surface area is 120 Å². The average Bonchev–Trinajstić information content (AvgIpc) is 3.19. The third kappa shape index (κ3) is 4.08. The summed E-state index contributed by atoms with van der Waals surface area (Å²) < 4.78 is 10.6. The molecule has 1 aliphatic carbocycles. The minimum Gasteiger partial charge on any atom is -0.464 e. The number of hydrogen-bond acceptors (Lipinski definition) is 4. The number of nitrogens with two attached hydrogens (primary N) is 1. The second kappa shape index (κ2) is 6.90. The van der Waals surface area contributed by atoms with Crippen LogP contribution >= 0.6 is 0 Å². The fourth-order valence-electron chi connectivity index (χ4n) is 2.30. The van der Waals surface area contributed by atoms with Crippen LogP contribution in [0.15, 0.2) is 16.5 Å². The number of nitrogens with zero attached hydrogens (tertiary/aromatic N) is 1. The molecule has 1 unspecified atom stereocenters. The highest BCUT2D eigenvalue weighted by atomic mass is 16.5. The standard InChI is InChI=1S/C15H24N2O3/c1-11-5-8-13(20-11)10-17(12-6-7-12)15(18)14(16)4-3-9-19-2/h5,8,12,14H,3-4,6-7,9-10,16H2,1-2H3. The molecule has 0 aromatic carbocycles. The molecule has 0 saturated heterocycles. The van der Waals surface area contributed by atoms with Crippen LogP contribution in [0.25, 0.3) is 0 Å². The van der Waals surface area contributed by atoms with Crippen LogP contribution in [0.5, 0.6) is 0 Å². The van der Waals surface area contributed by atoms with E-state index in [1.165, 1.54) is 0 Å². The number of aryl methyl sites for hydroxylation is 1. The summed E-state index contributed by atoms with van der Waals surface area (Å²) in [6.07, 6.45) is 3.60. The largest absolute Gasteiger partial charge is 0.464 e. The predicted octanol–water partition coefficient (Wildman–Crippen LogP) is 1.83. The van der Waals surface area contributed by atoms with E-state index in [-0.39, 0.29) is 5.91 Å². The van der Waals surface area contributed by atoms with Gasteiger partial charge in [-0.3, -0.25) is 4.79 Å². The molecule has 0 radical (unpaired) electrons. The van der Waals surface area contributed by atoms with Gasteiger partial charge in [0.05, 0.1) is 12.6 Å². The number of amides is 1. The van der Waals surface area contributed by atoms with Gasteiger partial charge in [0.15, 0.2) is 0 Å². The van der Waals surface area contributed by atoms with Gasteiger partial charge in [0.25, 0.3) is 0 Å². The van der Waals surface area contributed by atoms with Gasteiger partial charge in [-0.05, 0) is 44.7 Å². The normalized spacial score (nSPS) is 16.1. The van der Waals surface area contributed by atoms with Crippen molar-refractivity contribution >= 4 is 5.91 Å². The molecule has 0 bridgehead atoms. The number of carbonyl (C=O) groups excluding carboxylic acids is 1. The zero-order chi connectivity index (χ0) is 14.5. The van der Waals surface area contributed by atoms with E-state index in [1.54, 1.807) is 7.11 Å². The fraction of sp³-hybridized carbons (Fsp3) is 0.667. The lowest BCUT2D eigenvalue weighted by molar-refractivity contribution is -0.134. The molecule has 1 aromatic rings. The van der Waals surface area contributed by atoms with Gasteiger partial charge in [0.2, 0.25) is 5.91 Å². The molecule has 2 N–H and O–H groups in total. The van der Waals surface area contributed by atoms with Gasteiger partial charge in [-0.25, -0.2) is 0 Å². The van der Waals surface area contributed by atoms with Crippen molar-refractivity contribution in [1.29, 1.82) is 0 Å². The average molecular weight is 280 g/mol. The van der Waals surface area contributed by atoms with Crippen molar-refractivity contribution in [3.63, 3.8) is 0 Å². The van der Waals surface area contributed by atoms with Crippen LogP contribution in [0.2, 0.25) is 0 Å². The molecular formula is C15H24N2O3. The Morgan fingerprint density at radius 2 is 2.30 bits per heavy atom. The molecule has 5 heteroatoms. The third-order valence-corrected chi connectivity index (χ3v) is 3.57. The van der Waals surface area contributed by atoms with E-state index in [9.17, 15) is 4.79 Å². The number of ether oxygens (including phenoxy) is 1. The van der Waals surface area contributed by atoms with Crippen LogP contribution in [0.3, 0.4) is 0 Å². The Hall–Kier alpha value is -1.33. The summed E-state index contributed by atoms with van der Waals surface area (Å²) >= 11 is 0. The molecule has 1 aromatic heterocycles. The second-order valence-corrected chi connectivity index (χ2v) is 5.45. The van der Waals surface area contributed by atoms with Crippen molar-refractivity contribution in [2.45, 2.75) is 51.2 Å². The summed E-state index contributed by atoms with van der Waals surface area (Å²) in [5.41, 5.74) is 6.01. The first-order chi connectivity index (χ1) is 9.61. The van der Waals surface area contributed by atoms with Gasteiger partial charge in [-0.1, -0.05) is 0 Å². The lowest BCUT2D eigenvalue weighted by atomic mass is 10.1. The smallest absolute Gasteiger partial charge is 0.240 e. The second-order valence-electron chi connectivity index (χ2n) is 5.45. The molecule has 1 atom stereocenters. The number of hydrogen-bond donors (Lipinski definition) is 1. The monoisotopic (exact) mass is 280 g/mol. The summed E-state index contributed by atoms with van der Waals surface area (Å²) in [5, 5.41) is 0. The zero-order valence-corrected chi connectivity index (χ0v) is 12.3. The van der Waals surface area contributed by atoms with Crippen molar-refractivity contribution in [2.75, 3.05) is 13.7 Å². The topological polar surface area (TPSA) is 68.7 Å². The SMILES string of the molecule is COCCCC(N)C(=O)N(Cc1ccc(C)o1)C1CC1. The van der Waals surface area contributed by atoms with Crippen molar-refractivity contribution in [1.82, 2.24) is 4.90 Å². The minimum absolute atomic E-state index is 0.0256. The van der Waals surface area contributed by atoms with Crippen LogP contribution in [0.4, 0.5) is 0 Å². The molecule has 1 saturated carbocycles. The molecule has 1 aliphatic rings. The number of furan rings is 1. The van der Waals surface area contributed by atoms with Crippen LogP contribution in [0, 0.1) is 6.92 Å². The Kier molecular flexibility index (Phi) is 5.20. The summed E-state index contributed by atoms with van der Waals surface area (Å²) in [4.78, 5) is 14.3. The fourth-order valence-corrected chi connectivity index (χ4v) is 2.30. The third-order valence-electron chi connectivity index (χ3n) is 3.57. The van der Waals surface area contributed by atoms with E-state index in [2.05, 4.69) is 0 Å². The van der Waals surface area contributed by atoms with Gasteiger partial charge >= 0.3 is 0 Å². The number of rotatable bonds is 8. The number of carbonyl (C=O) groups is 1. The minimum atomic E-state index is -0.443. The molecule has 0 aliphatic heterocycles. The Morgan fingerprint density at radius 3 is 2.85 bits per heavy atom. The maximum atomic E-state index is 12.4. The molecule has 112 valence electrons. The van der Waals surface area contributed by atoms with Crippen LogP contribution in [-0.4, -0.2) is 36.6 Å². The van der Waals surface area contributed by atoms with Crippen molar-refractivity contribution in [2.24, 2.45) is 5.73 Å². The van der Waals surface area contributed by atoms with E-state index < -0.39 is 6.04 Å². The summed E-state index contributed by atoms with van der Waals surface area (Å²) in [6, 6.07) is 3.74. The molecule has 1 heterocycles. The molecule has 2 rings (SSSR count). The molecule has 5 nitrogen and oxygen atoms in total. The van der Waals surface area contributed by atoms with Gasteiger partial charge < -0.3 is 19.8 Å². The van der Waals surface area contributed by atoms with E-state index >= 15 is 0 Å². The highest BCUT2D eigenvalue weighted by Gasteiger charge is 2.35. The van der Waals surface area contributed by atoms with E-state index in [4.69, 9.17) is 14.9 Å². The molecule has 0 spiro atoms. The van der Waals surface area contributed by atoms with Gasteiger partial charge in [0, 0.05) is 19.8 Å². The highest BCUT2D eigenvalue weighted by Crippen LogP contribution is 2.29. The van der Waals surface area contributed by atoms with Gasteiger partial charge in [-0.15, -0.1) is 0 Å².